The Balaban J connectivity index is 2.82. The Bertz CT molecular complexity index is 453. The Labute approximate surface area is 109 Å². The van der Waals surface area contributed by atoms with E-state index in [4.69, 9.17) is 0 Å². The lowest BCUT2D eigenvalue weighted by molar-refractivity contribution is 0.528. The Morgan fingerprint density at radius 1 is 1.56 bits per heavy atom. The third-order valence-corrected chi connectivity index (χ3v) is 5.68. The summed E-state index contributed by atoms with van der Waals surface area (Å²) in [5.41, 5.74) is 0. The first-order valence-electron chi connectivity index (χ1n) is 5.12. The number of hydrogen-bond acceptors (Lipinski definition) is 3. The predicted molar refractivity (Wildman–Crippen MR) is 71.4 cm³/mol. The molecule has 1 heterocycles. The molecule has 0 saturated carbocycles. The molecule has 1 aromatic heterocycles. The van der Waals surface area contributed by atoms with E-state index in [0.717, 1.165) is 15.1 Å². The van der Waals surface area contributed by atoms with Crippen LogP contribution in [0, 0.1) is 12.8 Å². The first kappa shape index (κ1) is 14.2. The van der Waals surface area contributed by atoms with E-state index in [2.05, 4.69) is 20.7 Å². The minimum atomic E-state index is -3.34. The molecule has 0 amide bonds. The standard InChI is InChI=1S/C10H16BrNO2S2/c1-4-7(2)6-12-16(13,14)9-5-10(11)15-8(9)3/h5,7,12H,4,6H2,1-3H3. The average Bonchev–Trinajstić information content (AvgIpc) is 2.55. The lowest BCUT2D eigenvalue weighted by Gasteiger charge is -2.10. The lowest BCUT2D eigenvalue weighted by Crippen LogP contribution is -2.28. The van der Waals surface area contributed by atoms with E-state index >= 15 is 0 Å². The first-order chi connectivity index (χ1) is 7.36. The molecule has 6 heteroatoms. The molecule has 0 radical (unpaired) electrons. The molecule has 1 N–H and O–H groups in total. The van der Waals surface area contributed by atoms with Crippen molar-refractivity contribution in [3.8, 4) is 0 Å². The Hall–Kier alpha value is 0.0900. The van der Waals surface area contributed by atoms with Crippen molar-refractivity contribution >= 4 is 37.3 Å². The minimum Gasteiger partial charge on any atom is -0.211 e. The van der Waals surface area contributed by atoms with Crippen LogP contribution in [0.3, 0.4) is 0 Å². The highest BCUT2D eigenvalue weighted by atomic mass is 79.9. The molecular weight excluding hydrogens is 310 g/mol. The highest BCUT2D eigenvalue weighted by Crippen LogP contribution is 2.29. The highest BCUT2D eigenvalue weighted by Gasteiger charge is 2.19. The van der Waals surface area contributed by atoms with Gasteiger partial charge in [0, 0.05) is 11.4 Å². The monoisotopic (exact) mass is 325 g/mol. The van der Waals surface area contributed by atoms with Crippen LogP contribution in [0.15, 0.2) is 14.7 Å². The van der Waals surface area contributed by atoms with Crippen LogP contribution in [0.2, 0.25) is 0 Å². The smallest absolute Gasteiger partial charge is 0.211 e. The van der Waals surface area contributed by atoms with Gasteiger partial charge in [-0.1, -0.05) is 20.3 Å². The summed E-state index contributed by atoms with van der Waals surface area (Å²) in [6.45, 7) is 6.38. The summed E-state index contributed by atoms with van der Waals surface area (Å²) in [4.78, 5) is 1.19. The van der Waals surface area contributed by atoms with Crippen LogP contribution in [-0.4, -0.2) is 15.0 Å². The van der Waals surface area contributed by atoms with Crippen molar-refractivity contribution in [2.75, 3.05) is 6.54 Å². The molecule has 1 rings (SSSR count). The van der Waals surface area contributed by atoms with Crippen LogP contribution >= 0.6 is 27.3 Å². The fourth-order valence-corrected chi connectivity index (χ4v) is 4.75. The number of aryl methyl sites for hydroxylation is 1. The van der Waals surface area contributed by atoms with Crippen molar-refractivity contribution < 1.29 is 8.42 Å². The van der Waals surface area contributed by atoms with Crippen molar-refractivity contribution in [3.63, 3.8) is 0 Å². The molecule has 0 aliphatic rings. The van der Waals surface area contributed by atoms with Crippen LogP contribution in [0.1, 0.15) is 25.1 Å². The van der Waals surface area contributed by atoms with Crippen molar-refractivity contribution in [3.05, 3.63) is 14.7 Å². The summed E-state index contributed by atoms with van der Waals surface area (Å²) in [6, 6.07) is 1.65. The molecule has 0 bridgehead atoms. The number of halogens is 1. The van der Waals surface area contributed by atoms with Gasteiger partial charge in [0.25, 0.3) is 0 Å². The molecule has 1 unspecified atom stereocenters. The molecule has 0 fully saturated rings. The number of hydrogen-bond donors (Lipinski definition) is 1. The zero-order valence-electron chi connectivity index (χ0n) is 9.58. The largest absolute Gasteiger partial charge is 0.241 e. The van der Waals surface area contributed by atoms with Gasteiger partial charge < -0.3 is 0 Å². The topological polar surface area (TPSA) is 46.2 Å². The number of nitrogens with one attached hydrogen (secondary N) is 1. The van der Waals surface area contributed by atoms with Gasteiger partial charge in [-0.15, -0.1) is 11.3 Å². The first-order valence-corrected chi connectivity index (χ1v) is 8.21. The fraction of sp³-hybridized carbons (Fsp3) is 0.600. The lowest BCUT2D eigenvalue weighted by atomic mass is 10.1. The van der Waals surface area contributed by atoms with Gasteiger partial charge in [0.05, 0.1) is 8.68 Å². The molecule has 0 aliphatic heterocycles. The molecule has 0 saturated heterocycles. The summed E-state index contributed by atoms with van der Waals surface area (Å²) < 4.78 is 27.4. The highest BCUT2D eigenvalue weighted by molar-refractivity contribution is 9.11. The van der Waals surface area contributed by atoms with Crippen LogP contribution < -0.4 is 4.72 Å². The van der Waals surface area contributed by atoms with Crippen molar-refractivity contribution in [2.45, 2.75) is 32.1 Å². The fourth-order valence-electron chi connectivity index (χ4n) is 1.17. The van der Waals surface area contributed by atoms with Gasteiger partial charge in [-0.05, 0) is 34.8 Å². The maximum Gasteiger partial charge on any atom is 0.241 e. The Morgan fingerprint density at radius 2 is 2.19 bits per heavy atom. The minimum absolute atomic E-state index is 0.358. The zero-order valence-corrected chi connectivity index (χ0v) is 12.8. The van der Waals surface area contributed by atoms with Crippen molar-refractivity contribution in [1.82, 2.24) is 4.72 Å². The third-order valence-electron chi connectivity index (χ3n) is 2.45. The Morgan fingerprint density at radius 3 is 2.62 bits per heavy atom. The van der Waals surface area contributed by atoms with Crippen molar-refractivity contribution in [1.29, 1.82) is 0 Å². The van der Waals surface area contributed by atoms with E-state index in [1.54, 1.807) is 6.07 Å². The normalized spacial score (nSPS) is 14.0. The van der Waals surface area contributed by atoms with E-state index in [0.29, 0.717) is 17.4 Å². The summed E-state index contributed by atoms with van der Waals surface area (Å²) in [6.07, 6.45) is 0.967. The molecule has 1 aromatic rings. The third kappa shape index (κ3) is 3.55. The SMILES string of the molecule is CCC(C)CNS(=O)(=O)c1cc(Br)sc1C. The molecule has 0 aliphatic carbocycles. The maximum absolute atomic E-state index is 12.0. The van der Waals surface area contributed by atoms with Gasteiger partial charge in [-0.3, -0.25) is 0 Å². The number of rotatable bonds is 5. The second-order valence-corrected chi connectivity index (χ2v) is 8.21. The number of thiophene rings is 1. The molecule has 16 heavy (non-hydrogen) atoms. The molecule has 0 aromatic carbocycles. The van der Waals surface area contributed by atoms with Crippen LogP contribution in [0.4, 0.5) is 0 Å². The summed E-state index contributed by atoms with van der Waals surface area (Å²) in [7, 11) is -3.34. The molecule has 92 valence electrons. The second kappa shape index (κ2) is 5.62. The zero-order chi connectivity index (χ0) is 12.3. The van der Waals surface area contributed by atoms with Gasteiger partial charge in [0.1, 0.15) is 0 Å². The van der Waals surface area contributed by atoms with Gasteiger partial charge in [-0.25, -0.2) is 13.1 Å². The van der Waals surface area contributed by atoms with Gasteiger partial charge in [-0.2, -0.15) is 0 Å². The predicted octanol–water partition coefficient (Wildman–Crippen LogP) is 3.14. The molecule has 1 atom stereocenters. The summed E-state index contributed by atoms with van der Waals surface area (Å²) in [5, 5.41) is 0. The van der Waals surface area contributed by atoms with E-state index in [1.807, 2.05) is 20.8 Å². The summed E-state index contributed by atoms with van der Waals surface area (Å²) in [5.74, 6) is 0.358. The van der Waals surface area contributed by atoms with Crippen LogP contribution in [-0.2, 0) is 10.0 Å². The van der Waals surface area contributed by atoms with Gasteiger partial charge >= 0.3 is 0 Å². The molecular formula is C10H16BrNO2S2. The van der Waals surface area contributed by atoms with Crippen molar-refractivity contribution in [2.24, 2.45) is 5.92 Å². The van der Waals surface area contributed by atoms with E-state index in [-0.39, 0.29) is 0 Å². The van der Waals surface area contributed by atoms with E-state index in [1.165, 1.54) is 11.3 Å². The van der Waals surface area contributed by atoms with E-state index in [9.17, 15) is 8.42 Å². The average molecular weight is 326 g/mol. The van der Waals surface area contributed by atoms with Gasteiger partial charge in [0.15, 0.2) is 0 Å². The second-order valence-electron chi connectivity index (χ2n) is 3.84. The summed E-state index contributed by atoms with van der Waals surface area (Å²) >= 11 is 4.73. The van der Waals surface area contributed by atoms with Crippen LogP contribution in [0.25, 0.3) is 0 Å². The maximum atomic E-state index is 12.0. The molecule has 0 spiro atoms. The number of sulfonamides is 1. The molecule has 3 nitrogen and oxygen atoms in total. The quantitative estimate of drug-likeness (QED) is 0.903. The van der Waals surface area contributed by atoms with E-state index < -0.39 is 10.0 Å². The Kier molecular flexibility index (Phi) is 4.97. The van der Waals surface area contributed by atoms with Gasteiger partial charge in [0.2, 0.25) is 10.0 Å². The van der Waals surface area contributed by atoms with Crippen LogP contribution in [0.5, 0.6) is 0 Å².